The standard InChI is InChI=1S/C5H13N2O2S/c1-6-4-3-5-7-10(2,8)9/h6-7H,1,3-5H2,2H3. The second-order valence-corrected chi connectivity index (χ2v) is 3.85. The number of hydrogen-bond donors (Lipinski definition) is 2. The molecule has 0 rings (SSSR count). The molecular weight excluding hydrogens is 152 g/mol. The van der Waals surface area contributed by atoms with E-state index in [4.69, 9.17) is 0 Å². The first-order chi connectivity index (χ1) is 4.56. The molecule has 0 aliphatic carbocycles. The Kier molecular flexibility index (Phi) is 4.59. The highest BCUT2D eigenvalue weighted by atomic mass is 32.2. The minimum atomic E-state index is -3.00. The molecule has 10 heavy (non-hydrogen) atoms. The summed E-state index contributed by atoms with van der Waals surface area (Å²) in [6.45, 7) is 1.20. The van der Waals surface area contributed by atoms with E-state index in [9.17, 15) is 8.42 Å². The van der Waals surface area contributed by atoms with Crippen LogP contribution in [0, 0.1) is 7.05 Å². The van der Waals surface area contributed by atoms with Crippen molar-refractivity contribution in [1.29, 1.82) is 0 Å². The van der Waals surface area contributed by atoms with Gasteiger partial charge in [-0.2, -0.15) is 0 Å². The van der Waals surface area contributed by atoms with Crippen molar-refractivity contribution in [3.63, 3.8) is 0 Å². The largest absolute Gasteiger partial charge is 0.315 e. The quantitative estimate of drug-likeness (QED) is 0.530. The lowest BCUT2D eigenvalue weighted by molar-refractivity contribution is 0.584. The smallest absolute Gasteiger partial charge is 0.208 e. The molecule has 0 amide bonds. The van der Waals surface area contributed by atoms with Crippen LogP contribution in [0.5, 0.6) is 0 Å². The molecule has 0 bridgehead atoms. The highest BCUT2D eigenvalue weighted by Crippen LogP contribution is 1.76. The predicted octanol–water partition coefficient (Wildman–Crippen LogP) is -0.693. The van der Waals surface area contributed by atoms with Gasteiger partial charge in [-0.3, -0.25) is 0 Å². The second-order valence-electron chi connectivity index (χ2n) is 2.02. The number of sulfonamides is 1. The van der Waals surface area contributed by atoms with Gasteiger partial charge in [0.1, 0.15) is 0 Å². The Morgan fingerprint density at radius 2 is 2.00 bits per heavy atom. The van der Waals surface area contributed by atoms with Crippen LogP contribution in [0.25, 0.3) is 0 Å². The van der Waals surface area contributed by atoms with E-state index < -0.39 is 10.0 Å². The van der Waals surface area contributed by atoms with E-state index in [0.717, 1.165) is 19.2 Å². The van der Waals surface area contributed by atoms with Crippen LogP contribution in [0.15, 0.2) is 0 Å². The molecule has 61 valence electrons. The van der Waals surface area contributed by atoms with E-state index in [1.165, 1.54) is 0 Å². The molecule has 0 saturated heterocycles. The fraction of sp³-hybridized carbons (Fsp3) is 0.800. The Bertz CT molecular complexity index is 164. The lowest BCUT2D eigenvalue weighted by Crippen LogP contribution is -2.24. The first-order valence-corrected chi connectivity index (χ1v) is 4.90. The van der Waals surface area contributed by atoms with Gasteiger partial charge < -0.3 is 5.32 Å². The van der Waals surface area contributed by atoms with Gasteiger partial charge in [0.2, 0.25) is 10.0 Å². The van der Waals surface area contributed by atoms with E-state index >= 15 is 0 Å². The molecule has 4 nitrogen and oxygen atoms in total. The summed E-state index contributed by atoms with van der Waals surface area (Å²) in [5.41, 5.74) is 0. The van der Waals surface area contributed by atoms with E-state index in [1.807, 2.05) is 0 Å². The minimum absolute atomic E-state index is 0.474. The van der Waals surface area contributed by atoms with Gasteiger partial charge >= 0.3 is 0 Å². The molecule has 0 aromatic rings. The third-order valence-corrected chi connectivity index (χ3v) is 1.62. The van der Waals surface area contributed by atoms with Crippen LogP contribution in [-0.4, -0.2) is 27.8 Å². The van der Waals surface area contributed by atoms with Crippen LogP contribution in [0.1, 0.15) is 6.42 Å². The summed E-state index contributed by atoms with van der Waals surface area (Å²) in [4.78, 5) is 0. The van der Waals surface area contributed by atoms with Crippen LogP contribution in [0.2, 0.25) is 0 Å². The average Bonchev–Trinajstić information content (AvgIpc) is 1.78. The van der Waals surface area contributed by atoms with Crippen molar-refractivity contribution in [3.8, 4) is 0 Å². The normalized spacial score (nSPS) is 11.8. The zero-order chi connectivity index (χ0) is 8.04. The van der Waals surface area contributed by atoms with E-state index in [2.05, 4.69) is 17.1 Å². The van der Waals surface area contributed by atoms with Gasteiger partial charge in [-0.05, 0) is 13.0 Å². The van der Waals surface area contributed by atoms with Crippen LogP contribution in [0.4, 0.5) is 0 Å². The molecule has 0 saturated carbocycles. The van der Waals surface area contributed by atoms with Crippen molar-refractivity contribution >= 4 is 10.0 Å². The Balaban J connectivity index is 3.21. The fourth-order valence-corrected chi connectivity index (χ4v) is 0.986. The van der Waals surface area contributed by atoms with Crippen molar-refractivity contribution in [2.45, 2.75) is 6.42 Å². The number of rotatable bonds is 5. The van der Waals surface area contributed by atoms with Crippen molar-refractivity contribution in [3.05, 3.63) is 7.05 Å². The summed E-state index contributed by atoms with van der Waals surface area (Å²) < 4.78 is 23.3. The summed E-state index contributed by atoms with van der Waals surface area (Å²) in [5.74, 6) is 0. The molecule has 0 fully saturated rings. The van der Waals surface area contributed by atoms with Gasteiger partial charge in [-0.1, -0.05) is 0 Å². The lowest BCUT2D eigenvalue weighted by Gasteiger charge is -1.99. The van der Waals surface area contributed by atoms with Gasteiger partial charge in [0, 0.05) is 13.6 Å². The molecule has 0 unspecified atom stereocenters. The molecule has 0 aromatic heterocycles. The number of nitrogens with one attached hydrogen (secondary N) is 2. The molecule has 0 atom stereocenters. The third kappa shape index (κ3) is 7.87. The molecule has 0 aliphatic rings. The molecule has 1 radical (unpaired) electrons. The van der Waals surface area contributed by atoms with E-state index in [0.29, 0.717) is 6.54 Å². The summed E-state index contributed by atoms with van der Waals surface area (Å²) in [5, 5.41) is 2.67. The zero-order valence-electron chi connectivity index (χ0n) is 6.05. The summed E-state index contributed by atoms with van der Waals surface area (Å²) in [6.07, 6.45) is 1.90. The highest BCUT2D eigenvalue weighted by molar-refractivity contribution is 7.88. The van der Waals surface area contributed by atoms with Gasteiger partial charge in [0.05, 0.1) is 6.26 Å². The fourth-order valence-electron chi connectivity index (χ4n) is 0.471. The van der Waals surface area contributed by atoms with Gasteiger partial charge in [-0.25, -0.2) is 13.1 Å². The molecule has 0 spiro atoms. The van der Waals surface area contributed by atoms with E-state index in [1.54, 1.807) is 0 Å². The Morgan fingerprint density at radius 3 is 2.40 bits per heavy atom. The lowest BCUT2D eigenvalue weighted by atomic mass is 10.4. The molecule has 5 heteroatoms. The Labute approximate surface area is 62.1 Å². The summed E-state index contributed by atoms with van der Waals surface area (Å²) in [7, 11) is 0.390. The monoisotopic (exact) mass is 165 g/mol. The minimum Gasteiger partial charge on any atom is -0.315 e. The van der Waals surface area contributed by atoms with Crippen LogP contribution in [0.3, 0.4) is 0 Å². The SMILES string of the molecule is [CH2]NCCCNS(C)(=O)=O. The topological polar surface area (TPSA) is 58.2 Å². The van der Waals surface area contributed by atoms with Crippen molar-refractivity contribution in [2.75, 3.05) is 19.3 Å². The molecule has 0 aliphatic heterocycles. The Morgan fingerprint density at radius 1 is 1.40 bits per heavy atom. The van der Waals surface area contributed by atoms with Crippen molar-refractivity contribution in [2.24, 2.45) is 0 Å². The van der Waals surface area contributed by atoms with Crippen molar-refractivity contribution < 1.29 is 8.42 Å². The third-order valence-electron chi connectivity index (χ3n) is 0.895. The highest BCUT2D eigenvalue weighted by Gasteiger charge is 1.96. The molecule has 2 N–H and O–H groups in total. The predicted molar refractivity (Wildman–Crippen MR) is 40.8 cm³/mol. The van der Waals surface area contributed by atoms with E-state index in [-0.39, 0.29) is 0 Å². The maximum absolute atomic E-state index is 10.4. The summed E-state index contributed by atoms with van der Waals surface area (Å²) in [6, 6.07) is 0. The zero-order valence-corrected chi connectivity index (χ0v) is 6.87. The molecular formula is C5H13N2O2S. The average molecular weight is 165 g/mol. The van der Waals surface area contributed by atoms with Crippen LogP contribution < -0.4 is 10.0 Å². The van der Waals surface area contributed by atoms with Gasteiger partial charge in [-0.15, -0.1) is 0 Å². The Hall–Kier alpha value is -0.130. The molecule has 0 aromatic carbocycles. The first-order valence-electron chi connectivity index (χ1n) is 3.01. The maximum atomic E-state index is 10.4. The van der Waals surface area contributed by atoms with Crippen LogP contribution in [-0.2, 0) is 10.0 Å². The first kappa shape index (κ1) is 9.87. The molecule has 0 heterocycles. The van der Waals surface area contributed by atoms with Crippen molar-refractivity contribution in [1.82, 2.24) is 10.0 Å². The van der Waals surface area contributed by atoms with Crippen LogP contribution >= 0.6 is 0 Å². The van der Waals surface area contributed by atoms with Gasteiger partial charge in [0.25, 0.3) is 0 Å². The van der Waals surface area contributed by atoms with Gasteiger partial charge in [0.15, 0.2) is 0 Å². The summed E-state index contributed by atoms with van der Waals surface area (Å²) >= 11 is 0. The second kappa shape index (κ2) is 4.65. The maximum Gasteiger partial charge on any atom is 0.208 e. The number of hydrogen-bond acceptors (Lipinski definition) is 3.